The molecule has 0 spiro atoms. The van der Waals surface area contributed by atoms with Crippen LogP contribution in [0, 0.1) is 5.92 Å². The number of methoxy groups -OCH3 is 1. The summed E-state index contributed by atoms with van der Waals surface area (Å²) in [4.78, 5) is 23.6. The van der Waals surface area contributed by atoms with Gasteiger partial charge in [0.2, 0.25) is 5.91 Å². The molecule has 5 nitrogen and oxygen atoms in total. The van der Waals surface area contributed by atoms with Crippen LogP contribution in [0.3, 0.4) is 0 Å². The number of esters is 1. The molecule has 0 radical (unpaired) electrons. The Morgan fingerprint density at radius 2 is 2.10 bits per heavy atom. The zero-order valence-corrected chi connectivity index (χ0v) is 11.3. The van der Waals surface area contributed by atoms with Crippen molar-refractivity contribution in [2.24, 2.45) is 5.92 Å². The van der Waals surface area contributed by atoms with E-state index in [0.717, 1.165) is 20.1 Å². The molecule has 116 valence electrons. The molecule has 1 atom stereocenters. The first-order valence-corrected chi connectivity index (χ1v) is 6.44. The van der Waals surface area contributed by atoms with Gasteiger partial charge >= 0.3 is 12.1 Å². The summed E-state index contributed by atoms with van der Waals surface area (Å²) in [5, 5.41) is 3.06. The van der Waals surface area contributed by atoms with E-state index < -0.39 is 24.6 Å². The molecule has 1 rings (SSSR count). The highest BCUT2D eigenvalue weighted by Gasteiger charge is 2.34. The number of nitrogens with one attached hydrogen (secondary N) is 1. The number of amides is 1. The van der Waals surface area contributed by atoms with Gasteiger partial charge in [-0.2, -0.15) is 13.2 Å². The third-order valence-electron chi connectivity index (χ3n) is 3.16. The van der Waals surface area contributed by atoms with Crippen molar-refractivity contribution in [2.45, 2.75) is 25.4 Å². The second-order valence-corrected chi connectivity index (χ2v) is 4.82. The number of nitrogens with zero attached hydrogens (tertiary/aromatic N) is 1. The van der Waals surface area contributed by atoms with Crippen molar-refractivity contribution in [2.75, 3.05) is 33.3 Å². The number of carbonyl (C=O) groups is 2. The van der Waals surface area contributed by atoms with E-state index in [1.807, 2.05) is 0 Å². The van der Waals surface area contributed by atoms with Gasteiger partial charge in [0, 0.05) is 13.0 Å². The van der Waals surface area contributed by atoms with Crippen LogP contribution in [0.25, 0.3) is 0 Å². The van der Waals surface area contributed by atoms with Gasteiger partial charge in [0.25, 0.3) is 0 Å². The number of rotatable bonds is 6. The summed E-state index contributed by atoms with van der Waals surface area (Å²) in [6, 6.07) is 0. The minimum absolute atomic E-state index is 0.0661. The van der Waals surface area contributed by atoms with Crippen LogP contribution in [-0.4, -0.2) is 56.2 Å². The topological polar surface area (TPSA) is 58.6 Å². The largest absolute Gasteiger partial charge is 0.469 e. The van der Waals surface area contributed by atoms with Gasteiger partial charge < -0.3 is 15.0 Å². The van der Waals surface area contributed by atoms with Crippen LogP contribution in [0.4, 0.5) is 13.2 Å². The Balaban J connectivity index is 2.54. The average molecular weight is 296 g/mol. The van der Waals surface area contributed by atoms with Gasteiger partial charge in [-0.15, -0.1) is 0 Å². The maximum absolute atomic E-state index is 12.5. The van der Waals surface area contributed by atoms with E-state index in [0.29, 0.717) is 11.4 Å². The summed E-state index contributed by atoms with van der Waals surface area (Å²) in [6.07, 6.45) is -3.85. The smallest absolute Gasteiger partial charge is 0.406 e. The lowest BCUT2D eigenvalue weighted by Gasteiger charge is -2.24. The van der Waals surface area contributed by atoms with Gasteiger partial charge in [-0.25, -0.2) is 0 Å². The third-order valence-corrected chi connectivity index (χ3v) is 3.16. The first-order valence-electron chi connectivity index (χ1n) is 6.44. The van der Waals surface area contributed by atoms with Crippen LogP contribution in [0.2, 0.25) is 0 Å². The fraction of sp³-hybridized carbons (Fsp3) is 0.833. The molecule has 8 heteroatoms. The molecule has 0 aromatic carbocycles. The highest BCUT2D eigenvalue weighted by Crippen LogP contribution is 2.20. The minimum atomic E-state index is -4.47. The molecule has 0 saturated carbocycles. The highest BCUT2D eigenvalue weighted by molar-refractivity contribution is 5.77. The van der Waals surface area contributed by atoms with E-state index in [1.54, 1.807) is 0 Å². The van der Waals surface area contributed by atoms with Crippen molar-refractivity contribution in [1.29, 1.82) is 0 Å². The molecule has 1 saturated heterocycles. The lowest BCUT2D eigenvalue weighted by molar-refractivity contribution is -0.163. The number of hydrogen-bond acceptors (Lipinski definition) is 4. The lowest BCUT2D eigenvalue weighted by Crippen LogP contribution is -2.41. The SMILES string of the molecule is COC(=O)CCN(CC(F)(F)F)C(=O)CC1CCNC1. The summed E-state index contributed by atoms with van der Waals surface area (Å²) in [7, 11) is 1.16. The predicted molar refractivity (Wildman–Crippen MR) is 64.9 cm³/mol. The Bertz CT molecular complexity index is 341. The van der Waals surface area contributed by atoms with Gasteiger partial charge in [0.15, 0.2) is 0 Å². The molecule has 1 aliphatic heterocycles. The van der Waals surface area contributed by atoms with Crippen LogP contribution < -0.4 is 5.32 Å². The fourth-order valence-electron chi connectivity index (χ4n) is 2.10. The van der Waals surface area contributed by atoms with E-state index in [2.05, 4.69) is 10.1 Å². The van der Waals surface area contributed by atoms with Gasteiger partial charge in [0.05, 0.1) is 13.5 Å². The zero-order valence-electron chi connectivity index (χ0n) is 11.3. The van der Waals surface area contributed by atoms with Crippen molar-refractivity contribution < 1.29 is 27.5 Å². The molecule has 1 heterocycles. The van der Waals surface area contributed by atoms with E-state index >= 15 is 0 Å². The second kappa shape index (κ2) is 7.47. The maximum Gasteiger partial charge on any atom is 0.406 e. The van der Waals surface area contributed by atoms with Crippen LogP contribution >= 0.6 is 0 Å². The minimum Gasteiger partial charge on any atom is -0.469 e. The molecular weight excluding hydrogens is 277 g/mol. The number of alkyl halides is 3. The van der Waals surface area contributed by atoms with Crippen LogP contribution in [0.1, 0.15) is 19.3 Å². The van der Waals surface area contributed by atoms with Gasteiger partial charge in [-0.05, 0) is 25.4 Å². The molecule has 1 fully saturated rings. The van der Waals surface area contributed by atoms with E-state index in [-0.39, 0.29) is 25.3 Å². The number of halogens is 3. The van der Waals surface area contributed by atoms with Crippen molar-refractivity contribution in [3.8, 4) is 0 Å². The molecule has 0 aromatic rings. The molecule has 1 amide bonds. The maximum atomic E-state index is 12.5. The fourth-order valence-corrected chi connectivity index (χ4v) is 2.10. The van der Waals surface area contributed by atoms with Crippen LogP contribution in [0.15, 0.2) is 0 Å². The Labute approximate surface area is 115 Å². The van der Waals surface area contributed by atoms with E-state index in [1.165, 1.54) is 0 Å². The standard InChI is InChI=1S/C12H19F3N2O3/c1-20-11(19)3-5-17(8-12(13,14)15)10(18)6-9-2-4-16-7-9/h9,16H,2-8H2,1H3. The second-order valence-electron chi connectivity index (χ2n) is 4.82. The summed E-state index contributed by atoms with van der Waals surface area (Å²) in [5.74, 6) is -1.14. The Hall–Kier alpha value is -1.31. The highest BCUT2D eigenvalue weighted by atomic mass is 19.4. The zero-order chi connectivity index (χ0) is 15.2. The molecule has 20 heavy (non-hydrogen) atoms. The Morgan fingerprint density at radius 3 is 2.60 bits per heavy atom. The Morgan fingerprint density at radius 1 is 1.40 bits per heavy atom. The molecule has 0 aliphatic carbocycles. The van der Waals surface area contributed by atoms with Gasteiger partial charge in [-0.1, -0.05) is 0 Å². The molecule has 0 bridgehead atoms. The van der Waals surface area contributed by atoms with Crippen molar-refractivity contribution in [3.05, 3.63) is 0 Å². The summed E-state index contributed by atoms with van der Waals surface area (Å²) in [6.45, 7) is -0.184. The van der Waals surface area contributed by atoms with Crippen molar-refractivity contribution in [1.82, 2.24) is 10.2 Å². The van der Waals surface area contributed by atoms with Crippen molar-refractivity contribution >= 4 is 11.9 Å². The van der Waals surface area contributed by atoms with Gasteiger partial charge in [-0.3, -0.25) is 9.59 Å². The molecular formula is C12H19F3N2O3. The molecule has 1 unspecified atom stereocenters. The predicted octanol–water partition coefficient (Wildman–Crippen LogP) is 0.940. The Kier molecular flexibility index (Phi) is 6.25. The first kappa shape index (κ1) is 16.7. The number of ether oxygens (including phenoxy) is 1. The third kappa shape index (κ3) is 6.23. The lowest BCUT2D eigenvalue weighted by atomic mass is 10.0. The monoisotopic (exact) mass is 296 g/mol. The average Bonchev–Trinajstić information content (AvgIpc) is 2.85. The van der Waals surface area contributed by atoms with E-state index in [4.69, 9.17) is 0 Å². The molecule has 1 N–H and O–H groups in total. The molecule has 1 aliphatic rings. The van der Waals surface area contributed by atoms with Crippen LogP contribution in [-0.2, 0) is 14.3 Å². The summed E-state index contributed by atoms with van der Waals surface area (Å²) >= 11 is 0. The number of carbonyl (C=O) groups excluding carboxylic acids is 2. The number of hydrogen-bond donors (Lipinski definition) is 1. The summed E-state index contributed by atoms with van der Waals surface area (Å²) < 4.78 is 41.8. The van der Waals surface area contributed by atoms with Gasteiger partial charge in [0.1, 0.15) is 6.54 Å². The van der Waals surface area contributed by atoms with Crippen molar-refractivity contribution in [3.63, 3.8) is 0 Å². The summed E-state index contributed by atoms with van der Waals surface area (Å²) in [5.41, 5.74) is 0. The van der Waals surface area contributed by atoms with Crippen LogP contribution in [0.5, 0.6) is 0 Å². The van der Waals surface area contributed by atoms with E-state index in [9.17, 15) is 22.8 Å². The quantitative estimate of drug-likeness (QED) is 0.741. The first-order chi connectivity index (χ1) is 9.31. The normalized spacial score (nSPS) is 18.9. The molecule has 0 aromatic heterocycles.